The maximum Gasteiger partial charge on any atom is 0.220 e. The van der Waals surface area contributed by atoms with E-state index in [9.17, 15) is 4.79 Å². The second-order valence-corrected chi connectivity index (χ2v) is 8.15. The van der Waals surface area contributed by atoms with Gasteiger partial charge in [0.2, 0.25) is 5.91 Å². The molecule has 0 unspecified atom stereocenters. The number of allylic oxidation sites excluding steroid dienone is 2. The van der Waals surface area contributed by atoms with E-state index in [0.717, 1.165) is 67.1 Å². The first-order chi connectivity index (χ1) is 15.7. The Hall–Kier alpha value is -3.52. The molecular formula is C24H26N6O2. The minimum atomic E-state index is -0.239. The predicted molar refractivity (Wildman–Crippen MR) is 124 cm³/mol. The lowest BCUT2D eigenvalue weighted by molar-refractivity contribution is -0.122. The van der Waals surface area contributed by atoms with E-state index in [4.69, 9.17) is 15.5 Å². The van der Waals surface area contributed by atoms with Gasteiger partial charge in [-0.1, -0.05) is 18.2 Å². The first kappa shape index (κ1) is 20.4. The standard InChI is InChI=1S/C24H26N6O2/c25-23(31)17-1-5-18(6-2-17)28-24-22-21(26-9-10-27-22)15-20(29-24)16-3-7-19(8-4-16)30-11-13-32-14-12-30/h3-5,7-10,15,17H,1-2,6,11-14H2,(H2,25,31)(H,28,29)/t17-/m1/s1. The molecule has 2 aromatic heterocycles. The van der Waals surface area contributed by atoms with Gasteiger partial charge in [-0.15, -0.1) is 0 Å². The lowest BCUT2D eigenvalue weighted by atomic mass is 9.92. The fourth-order valence-corrected chi connectivity index (χ4v) is 4.23. The summed E-state index contributed by atoms with van der Waals surface area (Å²) in [5, 5.41) is 3.43. The molecule has 8 heteroatoms. The van der Waals surface area contributed by atoms with Crippen molar-refractivity contribution >= 4 is 28.4 Å². The minimum Gasteiger partial charge on any atom is -0.378 e. The van der Waals surface area contributed by atoms with E-state index in [1.165, 1.54) is 5.69 Å². The van der Waals surface area contributed by atoms with Crippen LogP contribution in [-0.4, -0.2) is 47.2 Å². The summed E-state index contributed by atoms with van der Waals surface area (Å²) >= 11 is 0. The number of amides is 1. The summed E-state index contributed by atoms with van der Waals surface area (Å²) < 4.78 is 5.45. The van der Waals surface area contributed by atoms with Crippen molar-refractivity contribution in [2.45, 2.75) is 19.3 Å². The van der Waals surface area contributed by atoms with Crippen LogP contribution in [0.1, 0.15) is 19.3 Å². The summed E-state index contributed by atoms with van der Waals surface area (Å²) in [6.07, 6.45) is 7.52. The smallest absolute Gasteiger partial charge is 0.220 e. The number of nitrogens with two attached hydrogens (primary N) is 1. The van der Waals surface area contributed by atoms with Crippen LogP contribution in [0.15, 0.2) is 54.5 Å². The highest BCUT2D eigenvalue weighted by atomic mass is 16.5. The van der Waals surface area contributed by atoms with Gasteiger partial charge in [-0.25, -0.2) is 9.97 Å². The summed E-state index contributed by atoms with van der Waals surface area (Å²) in [4.78, 5) is 27.7. The molecule has 8 nitrogen and oxygen atoms in total. The summed E-state index contributed by atoms with van der Waals surface area (Å²) in [7, 11) is 0. The predicted octanol–water partition coefficient (Wildman–Crippen LogP) is 3.11. The zero-order valence-corrected chi connectivity index (χ0v) is 17.8. The number of carbonyl (C=O) groups excluding carboxylic acids is 1. The largest absolute Gasteiger partial charge is 0.378 e. The van der Waals surface area contributed by atoms with Crippen LogP contribution in [0.4, 0.5) is 11.5 Å². The van der Waals surface area contributed by atoms with E-state index in [-0.39, 0.29) is 11.8 Å². The molecule has 1 fully saturated rings. The highest BCUT2D eigenvalue weighted by Gasteiger charge is 2.20. The molecule has 3 heterocycles. The lowest BCUT2D eigenvalue weighted by Gasteiger charge is -2.28. The van der Waals surface area contributed by atoms with Gasteiger partial charge in [-0.05, 0) is 37.5 Å². The van der Waals surface area contributed by atoms with Gasteiger partial charge in [0.25, 0.3) is 0 Å². The van der Waals surface area contributed by atoms with Crippen molar-refractivity contribution in [3.63, 3.8) is 0 Å². The number of pyridine rings is 1. The summed E-state index contributed by atoms with van der Waals surface area (Å²) in [6, 6.07) is 10.4. The molecule has 0 radical (unpaired) electrons. The van der Waals surface area contributed by atoms with Crippen molar-refractivity contribution in [3.05, 3.63) is 54.5 Å². The number of fused-ring (bicyclic) bond motifs is 1. The zero-order chi connectivity index (χ0) is 21.9. The zero-order valence-electron chi connectivity index (χ0n) is 17.8. The third-order valence-electron chi connectivity index (χ3n) is 6.09. The van der Waals surface area contributed by atoms with Crippen LogP contribution in [0.25, 0.3) is 22.3 Å². The van der Waals surface area contributed by atoms with Crippen LogP contribution in [-0.2, 0) is 9.53 Å². The van der Waals surface area contributed by atoms with Gasteiger partial charge < -0.3 is 20.7 Å². The highest BCUT2D eigenvalue weighted by molar-refractivity contribution is 5.89. The summed E-state index contributed by atoms with van der Waals surface area (Å²) in [5.41, 5.74) is 11.0. The van der Waals surface area contributed by atoms with E-state index >= 15 is 0 Å². The fraction of sp³-hybridized carbons (Fsp3) is 0.333. The van der Waals surface area contributed by atoms with Crippen LogP contribution in [0.5, 0.6) is 0 Å². The highest BCUT2D eigenvalue weighted by Crippen LogP contribution is 2.30. The first-order valence-corrected chi connectivity index (χ1v) is 11.0. The van der Waals surface area contributed by atoms with Gasteiger partial charge in [0.15, 0.2) is 5.82 Å². The van der Waals surface area contributed by atoms with Gasteiger partial charge in [0, 0.05) is 48.3 Å². The molecule has 1 aromatic carbocycles. The molecule has 164 valence electrons. The number of morpholine rings is 1. The van der Waals surface area contributed by atoms with E-state index in [0.29, 0.717) is 12.2 Å². The van der Waals surface area contributed by atoms with E-state index in [1.54, 1.807) is 12.4 Å². The number of nitrogens with zero attached hydrogens (tertiary/aromatic N) is 4. The Morgan fingerprint density at radius 1 is 1.12 bits per heavy atom. The second kappa shape index (κ2) is 8.92. The number of primary amides is 1. The van der Waals surface area contributed by atoms with Crippen molar-refractivity contribution in [3.8, 4) is 11.3 Å². The normalized spacial score (nSPS) is 18.9. The van der Waals surface area contributed by atoms with Gasteiger partial charge in [0.05, 0.1) is 24.4 Å². The molecule has 1 saturated heterocycles. The molecule has 0 spiro atoms. The number of aromatic nitrogens is 3. The first-order valence-electron chi connectivity index (χ1n) is 11.0. The van der Waals surface area contributed by atoms with Gasteiger partial charge in [-0.3, -0.25) is 9.78 Å². The molecule has 2 aliphatic rings. The molecule has 0 saturated carbocycles. The summed E-state index contributed by atoms with van der Waals surface area (Å²) in [5.74, 6) is 0.338. The Morgan fingerprint density at radius 2 is 1.91 bits per heavy atom. The monoisotopic (exact) mass is 430 g/mol. The molecule has 32 heavy (non-hydrogen) atoms. The second-order valence-electron chi connectivity index (χ2n) is 8.15. The Labute approximate surface area is 186 Å². The van der Waals surface area contributed by atoms with Crippen LogP contribution in [0, 0.1) is 5.92 Å². The average Bonchev–Trinajstić information content (AvgIpc) is 2.85. The van der Waals surface area contributed by atoms with Crippen LogP contribution < -0.4 is 16.0 Å². The average molecular weight is 431 g/mol. The molecule has 1 aliphatic heterocycles. The molecule has 3 N–H and O–H groups in total. The van der Waals surface area contributed by atoms with Gasteiger partial charge in [0.1, 0.15) is 5.52 Å². The van der Waals surface area contributed by atoms with E-state index in [1.807, 2.05) is 12.1 Å². The fourth-order valence-electron chi connectivity index (χ4n) is 4.23. The Bertz CT molecular complexity index is 1150. The number of nitrogens with one attached hydrogen (secondary N) is 1. The molecule has 5 rings (SSSR count). The van der Waals surface area contributed by atoms with Crippen molar-refractivity contribution in [1.82, 2.24) is 15.0 Å². The lowest BCUT2D eigenvalue weighted by Crippen LogP contribution is -2.36. The molecule has 3 aromatic rings. The van der Waals surface area contributed by atoms with E-state index in [2.05, 4.69) is 44.5 Å². The van der Waals surface area contributed by atoms with E-state index < -0.39 is 0 Å². The summed E-state index contributed by atoms with van der Waals surface area (Å²) in [6.45, 7) is 3.33. The number of ether oxygens (including phenoxy) is 1. The maximum absolute atomic E-state index is 11.5. The minimum absolute atomic E-state index is 0.0960. The Morgan fingerprint density at radius 3 is 2.62 bits per heavy atom. The molecule has 1 aliphatic carbocycles. The number of carbonyl (C=O) groups is 1. The number of hydrogen-bond donors (Lipinski definition) is 2. The quantitative estimate of drug-likeness (QED) is 0.640. The van der Waals surface area contributed by atoms with Gasteiger partial charge >= 0.3 is 0 Å². The molecule has 0 bridgehead atoms. The molecule has 1 atom stereocenters. The van der Waals surface area contributed by atoms with Crippen molar-refractivity contribution in [1.29, 1.82) is 0 Å². The van der Waals surface area contributed by atoms with Gasteiger partial charge in [-0.2, -0.15) is 0 Å². The number of rotatable bonds is 5. The topological polar surface area (TPSA) is 106 Å². The number of anilines is 2. The number of benzene rings is 1. The Kier molecular flexibility index (Phi) is 5.68. The van der Waals surface area contributed by atoms with Crippen LogP contribution in [0.3, 0.4) is 0 Å². The third-order valence-corrected chi connectivity index (χ3v) is 6.09. The van der Waals surface area contributed by atoms with Crippen molar-refractivity contribution in [2.24, 2.45) is 11.7 Å². The van der Waals surface area contributed by atoms with Crippen LogP contribution in [0.2, 0.25) is 0 Å². The maximum atomic E-state index is 11.5. The number of hydrogen-bond acceptors (Lipinski definition) is 7. The third kappa shape index (κ3) is 4.27. The van der Waals surface area contributed by atoms with Crippen molar-refractivity contribution < 1.29 is 9.53 Å². The SMILES string of the molecule is NC(=O)[C@@H]1CC=C(Nc2nc(-c3ccc(N4CCOCC4)cc3)cc3nccnc23)CC1. The Balaban J connectivity index is 1.44. The van der Waals surface area contributed by atoms with Crippen LogP contribution >= 0.6 is 0 Å². The molecular weight excluding hydrogens is 404 g/mol. The van der Waals surface area contributed by atoms with Crippen molar-refractivity contribution in [2.75, 3.05) is 36.5 Å². The molecule has 1 amide bonds.